The van der Waals surface area contributed by atoms with Gasteiger partial charge in [0.2, 0.25) is 0 Å². The number of esters is 1. The lowest BCUT2D eigenvalue weighted by molar-refractivity contribution is -0.149. The lowest BCUT2D eigenvalue weighted by Crippen LogP contribution is -2.18. The van der Waals surface area contributed by atoms with E-state index in [1.165, 1.54) is 89.9 Å². The zero-order valence-electron chi connectivity index (χ0n) is 22.9. The molecule has 0 aromatic heterocycles. The van der Waals surface area contributed by atoms with Crippen LogP contribution in [0.3, 0.4) is 0 Å². The van der Waals surface area contributed by atoms with Crippen LogP contribution in [0.1, 0.15) is 168 Å². The third kappa shape index (κ3) is 24.1. The molecule has 0 heterocycles. The SMILES string of the molecule is CCCCCCCCCCCCOC(=O)C(CCCCCC)CCCCCCCCCC(=O)O. The van der Waals surface area contributed by atoms with E-state index in [-0.39, 0.29) is 11.9 Å². The average molecular weight is 483 g/mol. The molecule has 0 rings (SSSR count). The van der Waals surface area contributed by atoms with Gasteiger partial charge < -0.3 is 9.84 Å². The van der Waals surface area contributed by atoms with Gasteiger partial charge >= 0.3 is 11.9 Å². The fourth-order valence-electron chi connectivity index (χ4n) is 4.63. The molecule has 0 fully saturated rings. The van der Waals surface area contributed by atoms with Crippen molar-refractivity contribution in [1.82, 2.24) is 0 Å². The Hall–Kier alpha value is -1.06. The first kappa shape index (κ1) is 32.9. The summed E-state index contributed by atoms with van der Waals surface area (Å²) in [5.74, 6) is -0.568. The van der Waals surface area contributed by atoms with Crippen LogP contribution in [0.15, 0.2) is 0 Å². The molecule has 0 radical (unpaired) electrons. The van der Waals surface area contributed by atoms with Crippen molar-refractivity contribution in [3.8, 4) is 0 Å². The largest absolute Gasteiger partial charge is 0.481 e. The molecule has 4 nitrogen and oxygen atoms in total. The maximum absolute atomic E-state index is 12.7. The number of carbonyl (C=O) groups excluding carboxylic acids is 1. The van der Waals surface area contributed by atoms with Crippen LogP contribution in [0, 0.1) is 5.92 Å². The van der Waals surface area contributed by atoms with Gasteiger partial charge in [0.05, 0.1) is 12.5 Å². The minimum absolute atomic E-state index is 0.0427. The van der Waals surface area contributed by atoms with Gasteiger partial charge in [-0.3, -0.25) is 9.59 Å². The van der Waals surface area contributed by atoms with E-state index in [0.717, 1.165) is 57.8 Å². The van der Waals surface area contributed by atoms with E-state index in [1.54, 1.807) is 0 Å². The lowest BCUT2D eigenvalue weighted by atomic mass is 9.94. The highest BCUT2D eigenvalue weighted by Crippen LogP contribution is 2.21. The average Bonchev–Trinajstić information content (AvgIpc) is 2.82. The van der Waals surface area contributed by atoms with Gasteiger partial charge in [0.25, 0.3) is 0 Å². The zero-order chi connectivity index (χ0) is 25.1. The summed E-state index contributed by atoms with van der Waals surface area (Å²) < 4.78 is 5.69. The van der Waals surface area contributed by atoms with Crippen LogP contribution in [-0.2, 0) is 14.3 Å². The molecule has 0 aromatic carbocycles. The van der Waals surface area contributed by atoms with Crippen molar-refractivity contribution in [3.63, 3.8) is 0 Å². The van der Waals surface area contributed by atoms with Crippen LogP contribution in [0.25, 0.3) is 0 Å². The maximum atomic E-state index is 12.7. The number of carboxylic acids is 1. The predicted molar refractivity (Wildman–Crippen MR) is 144 cm³/mol. The number of unbranched alkanes of at least 4 members (excludes halogenated alkanes) is 18. The Bertz CT molecular complexity index is 449. The Kier molecular flexibility index (Phi) is 25.7. The molecule has 0 aromatic rings. The Morgan fingerprint density at radius 1 is 0.559 bits per heavy atom. The highest BCUT2D eigenvalue weighted by Gasteiger charge is 2.19. The second-order valence-corrected chi connectivity index (χ2v) is 10.3. The van der Waals surface area contributed by atoms with Crippen molar-refractivity contribution in [2.45, 2.75) is 168 Å². The number of aliphatic carboxylic acids is 1. The molecular formula is C30H58O4. The molecule has 0 spiro atoms. The van der Waals surface area contributed by atoms with Gasteiger partial charge in [-0.15, -0.1) is 0 Å². The molecule has 0 amide bonds. The number of carbonyl (C=O) groups is 2. The van der Waals surface area contributed by atoms with Crippen molar-refractivity contribution >= 4 is 11.9 Å². The van der Waals surface area contributed by atoms with Gasteiger partial charge in [-0.05, 0) is 25.7 Å². The third-order valence-electron chi connectivity index (χ3n) is 6.92. The van der Waals surface area contributed by atoms with Crippen LogP contribution in [0.2, 0.25) is 0 Å². The first-order valence-electron chi connectivity index (χ1n) is 15.0. The van der Waals surface area contributed by atoms with Crippen molar-refractivity contribution in [2.24, 2.45) is 5.92 Å². The maximum Gasteiger partial charge on any atom is 0.308 e. The van der Waals surface area contributed by atoms with Crippen LogP contribution in [0.4, 0.5) is 0 Å². The van der Waals surface area contributed by atoms with Gasteiger partial charge in [-0.25, -0.2) is 0 Å². The highest BCUT2D eigenvalue weighted by atomic mass is 16.5. The van der Waals surface area contributed by atoms with E-state index in [9.17, 15) is 9.59 Å². The Labute approximate surface area is 212 Å². The molecule has 0 bridgehead atoms. The summed E-state index contributed by atoms with van der Waals surface area (Å²) in [6.07, 6.45) is 27.6. The molecule has 0 aliphatic heterocycles. The van der Waals surface area contributed by atoms with E-state index in [4.69, 9.17) is 9.84 Å². The molecule has 202 valence electrons. The summed E-state index contributed by atoms with van der Waals surface area (Å²) in [7, 11) is 0. The third-order valence-corrected chi connectivity index (χ3v) is 6.92. The molecule has 1 atom stereocenters. The van der Waals surface area contributed by atoms with Gasteiger partial charge in [0.1, 0.15) is 0 Å². The van der Waals surface area contributed by atoms with Crippen molar-refractivity contribution in [3.05, 3.63) is 0 Å². The van der Waals surface area contributed by atoms with Crippen molar-refractivity contribution in [1.29, 1.82) is 0 Å². The summed E-state index contributed by atoms with van der Waals surface area (Å²) >= 11 is 0. The first-order chi connectivity index (χ1) is 16.6. The van der Waals surface area contributed by atoms with Crippen LogP contribution in [-0.4, -0.2) is 23.7 Å². The zero-order valence-corrected chi connectivity index (χ0v) is 22.9. The molecule has 1 unspecified atom stereocenters. The molecule has 34 heavy (non-hydrogen) atoms. The fourth-order valence-corrected chi connectivity index (χ4v) is 4.63. The summed E-state index contributed by atoms with van der Waals surface area (Å²) in [6, 6.07) is 0. The highest BCUT2D eigenvalue weighted by molar-refractivity contribution is 5.72. The summed E-state index contributed by atoms with van der Waals surface area (Å²) in [4.78, 5) is 23.2. The molecule has 4 heteroatoms. The molecule has 0 aliphatic carbocycles. The second kappa shape index (κ2) is 26.5. The summed E-state index contributed by atoms with van der Waals surface area (Å²) in [6.45, 7) is 5.08. The predicted octanol–water partition coefficient (Wildman–Crippen LogP) is 9.63. The minimum atomic E-state index is -0.690. The molecule has 0 saturated heterocycles. The Balaban J connectivity index is 3.89. The van der Waals surface area contributed by atoms with Crippen LogP contribution in [0.5, 0.6) is 0 Å². The van der Waals surface area contributed by atoms with Crippen LogP contribution < -0.4 is 0 Å². The molecule has 0 saturated carbocycles. The number of ether oxygens (including phenoxy) is 1. The van der Waals surface area contributed by atoms with E-state index in [0.29, 0.717) is 13.0 Å². The van der Waals surface area contributed by atoms with Gasteiger partial charge in [-0.1, -0.05) is 136 Å². The summed E-state index contributed by atoms with van der Waals surface area (Å²) in [5, 5.41) is 8.68. The van der Waals surface area contributed by atoms with Gasteiger partial charge in [0, 0.05) is 6.42 Å². The van der Waals surface area contributed by atoms with E-state index in [1.807, 2.05) is 0 Å². The first-order valence-corrected chi connectivity index (χ1v) is 15.0. The fraction of sp³-hybridized carbons (Fsp3) is 0.933. The minimum Gasteiger partial charge on any atom is -0.481 e. The topological polar surface area (TPSA) is 63.6 Å². The van der Waals surface area contributed by atoms with Gasteiger partial charge in [0.15, 0.2) is 0 Å². The second-order valence-electron chi connectivity index (χ2n) is 10.3. The monoisotopic (exact) mass is 482 g/mol. The summed E-state index contributed by atoms with van der Waals surface area (Å²) in [5.41, 5.74) is 0. The lowest BCUT2D eigenvalue weighted by Gasteiger charge is -2.16. The van der Waals surface area contributed by atoms with Crippen molar-refractivity contribution in [2.75, 3.05) is 6.61 Å². The normalized spacial score (nSPS) is 12.1. The molecule has 0 aliphatic rings. The van der Waals surface area contributed by atoms with E-state index >= 15 is 0 Å². The number of rotatable bonds is 27. The van der Waals surface area contributed by atoms with Gasteiger partial charge in [-0.2, -0.15) is 0 Å². The van der Waals surface area contributed by atoms with Crippen molar-refractivity contribution < 1.29 is 19.4 Å². The Morgan fingerprint density at radius 2 is 0.941 bits per heavy atom. The molecular weight excluding hydrogens is 424 g/mol. The molecule has 1 N–H and O–H groups in total. The number of carboxylic acid groups (broad SMARTS) is 1. The number of hydrogen-bond acceptors (Lipinski definition) is 3. The van der Waals surface area contributed by atoms with E-state index in [2.05, 4.69) is 13.8 Å². The standard InChI is InChI=1S/C30H58O4/c1-3-5-7-9-10-11-12-16-19-23-27-34-30(33)28(24-20-8-6-4-2)25-21-17-14-13-15-18-22-26-29(31)32/h28H,3-27H2,1-2H3,(H,31,32). The Morgan fingerprint density at radius 3 is 1.41 bits per heavy atom. The van der Waals surface area contributed by atoms with E-state index < -0.39 is 5.97 Å². The number of hydrogen-bond donors (Lipinski definition) is 1. The quantitative estimate of drug-likeness (QED) is 0.0934. The van der Waals surface area contributed by atoms with Crippen LogP contribution >= 0.6 is 0 Å². The smallest absolute Gasteiger partial charge is 0.308 e.